The van der Waals surface area contributed by atoms with Gasteiger partial charge in [0.05, 0.1) is 10.3 Å². The zero-order chi connectivity index (χ0) is 19.9. The van der Waals surface area contributed by atoms with Gasteiger partial charge >= 0.3 is 11.7 Å². The van der Waals surface area contributed by atoms with E-state index in [0.29, 0.717) is 26.2 Å². The summed E-state index contributed by atoms with van der Waals surface area (Å²) in [6.45, 7) is 1.98. The van der Waals surface area contributed by atoms with E-state index < -0.39 is 33.4 Å². The number of nitro benzene ring substituents is 1. The fourth-order valence-electron chi connectivity index (χ4n) is 3.26. The summed E-state index contributed by atoms with van der Waals surface area (Å²) in [5.41, 5.74) is 0.0697. The van der Waals surface area contributed by atoms with E-state index in [1.165, 1.54) is 7.05 Å². The number of aromatic nitrogens is 1. The number of piperazine rings is 1. The lowest BCUT2D eigenvalue weighted by molar-refractivity contribution is -0.382. The monoisotopic (exact) mass is 379 g/mol. The molecule has 1 aromatic carbocycles. The molecule has 1 aliphatic rings. The van der Waals surface area contributed by atoms with Gasteiger partial charge in [-0.05, 0) is 13.1 Å². The molecule has 1 aromatic heterocycles. The van der Waals surface area contributed by atoms with Crippen LogP contribution in [-0.2, 0) is 0 Å². The quantitative estimate of drug-likeness (QED) is 0.587. The average Bonchev–Trinajstić information content (AvgIpc) is 2.62. The minimum absolute atomic E-state index is 0.173. The minimum Gasteiger partial charge on any atom is -0.477 e. The van der Waals surface area contributed by atoms with Gasteiger partial charge in [0, 0.05) is 39.4 Å². The Kier molecular flexibility index (Phi) is 4.70. The number of benzene rings is 1. The number of carbonyl (C=O) groups is 1. The van der Waals surface area contributed by atoms with Crippen molar-refractivity contribution < 1.29 is 19.2 Å². The molecule has 11 heteroatoms. The topological polar surface area (TPSA) is 121 Å². The van der Waals surface area contributed by atoms with Gasteiger partial charge in [0.2, 0.25) is 5.43 Å². The van der Waals surface area contributed by atoms with E-state index in [9.17, 15) is 29.2 Å². The van der Waals surface area contributed by atoms with Crippen molar-refractivity contribution in [1.82, 2.24) is 9.58 Å². The second-order valence-electron chi connectivity index (χ2n) is 6.27. The Morgan fingerprint density at radius 3 is 2.48 bits per heavy atom. The van der Waals surface area contributed by atoms with Gasteiger partial charge in [0.15, 0.2) is 17.0 Å². The van der Waals surface area contributed by atoms with Gasteiger partial charge in [0.1, 0.15) is 5.56 Å². The second-order valence-corrected chi connectivity index (χ2v) is 6.27. The van der Waals surface area contributed by atoms with E-state index in [1.54, 1.807) is 4.90 Å². The number of nitrogens with one attached hydrogen (secondary N) is 1. The molecule has 1 fully saturated rings. The lowest BCUT2D eigenvalue weighted by Gasteiger charge is -2.34. The molecule has 1 saturated heterocycles. The number of pyridine rings is 1. The number of aromatic carboxylic acids is 1. The van der Waals surface area contributed by atoms with Crippen LogP contribution in [0.5, 0.6) is 0 Å². The van der Waals surface area contributed by atoms with Crippen LogP contribution in [0, 0.1) is 15.9 Å². The third-order valence-corrected chi connectivity index (χ3v) is 4.66. The number of anilines is 1. The molecule has 2 aromatic rings. The van der Waals surface area contributed by atoms with E-state index in [-0.39, 0.29) is 16.6 Å². The zero-order valence-electron chi connectivity index (χ0n) is 14.7. The lowest BCUT2D eigenvalue weighted by atomic mass is 10.1. The Morgan fingerprint density at radius 1 is 1.33 bits per heavy atom. The highest BCUT2D eigenvalue weighted by atomic mass is 19.1. The van der Waals surface area contributed by atoms with Crippen molar-refractivity contribution in [1.29, 1.82) is 0 Å². The normalized spacial score (nSPS) is 15.1. The summed E-state index contributed by atoms with van der Waals surface area (Å²) in [6, 6.07) is 0.874. The van der Waals surface area contributed by atoms with Crippen molar-refractivity contribution in [2.45, 2.75) is 0 Å². The molecule has 27 heavy (non-hydrogen) atoms. The fourth-order valence-corrected chi connectivity index (χ4v) is 3.26. The molecule has 2 N–H and O–H groups in total. The molecule has 144 valence electrons. The van der Waals surface area contributed by atoms with E-state index >= 15 is 0 Å². The standard InChI is InChI=1S/C16H18FN5O5/c1-18-21-8-10(16(24)25)15(23)9-7-11(17)13(14(12(9)21)22(26)27)20-5-3-19(2)4-6-20/h7-8,18H,3-6H2,1-2H3,(H,24,25). The summed E-state index contributed by atoms with van der Waals surface area (Å²) in [4.78, 5) is 38.4. The summed E-state index contributed by atoms with van der Waals surface area (Å²) in [5, 5.41) is 20.7. The molecular formula is C16H18FN5O5. The highest BCUT2D eigenvalue weighted by Crippen LogP contribution is 2.37. The summed E-state index contributed by atoms with van der Waals surface area (Å²) >= 11 is 0. The summed E-state index contributed by atoms with van der Waals surface area (Å²) in [7, 11) is 3.31. The van der Waals surface area contributed by atoms with Gasteiger partial charge in [-0.25, -0.2) is 9.18 Å². The first-order chi connectivity index (χ1) is 12.8. The number of halogens is 1. The Bertz CT molecular complexity index is 997. The SMILES string of the molecule is CNn1cc(C(=O)O)c(=O)c2cc(F)c(N3CCN(C)CC3)c([N+](=O)[O-])c21. The van der Waals surface area contributed by atoms with Crippen LogP contribution in [-0.4, -0.2) is 65.8 Å². The summed E-state index contributed by atoms with van der Waals surface area (Å²) < 4.78 is 16.0. The Balaban J connectivity index is 2.39. The van der Waals surface area contributed by atoms with Crippen LogP contribution in [0.2, 0.25) is 0 Å². The molecule has 0 aliphatic carbocycles. The van der Waals surface area contributed by atoms with Gasteiger partial charge in [-0.1, -0.05) is 0 Å². The molecule has 0 saturated carbocycles. The summed E-state index contributed by atoms with van der Waals surface area (Å²) in [5.74, 6) is -2.43. The number of hydrogen-bond donors (Lipinski definition) is 2. The molecule has 0 spiro atoms. The van der Waals surface area contributed by atoms with Gasteiger partial charge in [-0.2, -0.15) is 0 Å². The van der Waals surface area contributed by atoms with Crippen molar-refractivity contribution in [2.75, 3.05) is 50.6 Å². The van der Waals surface area contributed by atoms with Crippen LogP contribution < -0.4 is 15.8 Å². The molecule has 0 amide bonds. The smallest absolute Gasteiger partial charge is 0.341 e. The Hall–Kier alpha value is -3.21. The number of fused-ring (bicyclic) bond motifs is 1. The Morgan fingerprint density at radius 2 is 1.96 bits per heavy atom. The van der Waals surface area contributed by atoms with Gasteiger partial charge in [-0.3, -0.25) is 19.6 Å². The van der Waals surface area contributed by atoms with E-state index in [4.69, 9.17) is 0 Å². The van der Waals surface area contributed by atoms with Crippen molar-refractivity contribution in [2.24, 2.45) is 0 Å². The maximum absolute atomic E-state index is 14.9. The van der Waals surface area contributed by atoms with Crippen LogP contribution >= 0.6 is 0 Å². The van der Waals surface area contributed by atoms with Crippen LogP contribution in [0.25, 0.3) is 10.9 Å². The Labute approximate surface area is 152 Å². The number of nitro groups is 1. The number of likely N-dealkylation sites (N-methyl/N-ethyl adjacent to an activating group) is 1. The zero-order valence-corrected chi connectivity index (χ0v) is 14.7. The third-order valence-electron chi connectivity index (χ3n) is 4.66. The summed E-state index contributed by atoms with van der Waals surface area (Å²) in [6.07, 6.45) is 0.964. The highest BCUT2D eigenvalue weighted by molar-refractivity contribution is 5.99. The van der Waals surface area contributed by atoms with Crippen LogP contribution in [0.1, 0.15) is 10.4 Å². The van der Waals surface area contributed by atoms with Crippen molar-refractivity contribution in [3.63, 3.8) is 0 Å². The largest absolute Gasteiger partial charge is 0.477 e. The molecular weight excluding hydrogens is 361 g/mol. The predicted octanol–water partition coefficient (Wildman–Crippen LogP) is 0.672. The number of carboxylic acids is 1. The number of carboxylic acid groups (broad SMARTS) is 1. The van der Waals surface area contributed by atoms with Gasteiger partial charge in [0.25, 0.3) is 0 Å². The molecule has 10 nitrogen and oxygen atoms in total. The third kappa shape index (κ3) is 3.05. The van der Waals surface area contributed by atoms with Crippen molar-refractivity contribution >= 4 is 28.2 Å². The molecule has 3 rings (SSSR count). The van der Waals surface area contributed by atoms with Crippen LogP contribution in [0.4, 0.5) is 15.8 Å². The molecule has 0 unspecified atom stereocenters. The highest BCUT2D eigenvalue weighted by Gasteiger charge is 2.32. The molecule has 2 heterocycles. The van der Waals surface area contributed by atoms with Crippen LogP contribution in [0.15, 0.2) is 17.1 Å². The second kappa shape index (κ2) is 6.83. The van der Waals surface area contributed by atoms with Crippen molar-refractivity contribution in [3.05, 3.63) is 44.0 Å². The van der Waals surface area contributed by atoms with Crippen LogP contribution in [0.3, 0.4) is 0 Å². The number of nitrogens with zero attached hydrogens (tertiary/aromatic N) is 4. The van der Waals surface area contributed by atoms with Crippen molar-refractivity contribution in [3.8, 4) is 0 Å². The van der Waals surface area contributed by atoms with Gasteiger partial charge < -0.3 is 20.3 Å². The van der Waals surface area contributed by atoms with E-state index in [2.05, 4.69) is 5.43 Å². The molecule has 0 radical (unpaired) electrons. The first-order valence-electron chi connectivity index (χ1n) is 8.17. The fraction of sp³-hybridized carbons (Fsp3) is 0.375. The molecule has 0 bridgehead atoms. The first kappa shape index (κ1) is 18.6. The minimum atomic E-state index is -1.50. The maximum Gasteiger partial charge on any atom is 0.341 e. The predicted molar refractivity (Wildman–Crippen MR) is 96.8 cm³/mol. The maximum atomic E-state index is 14.9. The van der Waals surface area contributed by atoms with E-state index in [1.807, 2.05) is 11.9 Å². The molecule has 0 atom stereocenters. The molecule has 1 aliphatic heterocycles. The number of rotatable bonds is 4. The first-order valence-corrected chi connectivity index (χ1v) is 8.17. The average molecular weight is 379 g/mol. The lowest BCUT2D eigenvalue weighted by Crippen LogP contribution is -2.45. The van der Waals surface area contributed by atoms with E-state index in [0.717, 1.165) is 16.9 Å². The van der Waals surface area contributed by atoms with Gasteiger partial charge in [-0.15, -0.1) is 0 Å². The number of hydrogen-bond acceptors (Lipinski definition) is 7.